The van der Waals surface area contributed by atoms with Crippen molar-refractivity contribution in [2.24, 2.45) is 0 Å². The number of hydrogen-bond donors (Lipinski definition) is 0. The number of rotatable bonds is 0. The Kier molecular flexibility index (Phi) is 117. The molecule has 0 aromatic heterocycles. The average Bonchev–Trinajstić information content (AvgIpc) is 0. The minimum Gasteiger partial charge on any atom is -0.0776 e. The summed E-state index contributed by atoms with van der Waals surface area (Å²) in [5, 5.41) is 0. The molecule has 0 bridgehead atoms. The van der Waals surface area contributed by atoms with Crippen molar-refractivity contribution in [3.63, 3.8) is 0 Å². The van der Waals surface area contributed by atoms with Gasteiger partial charge in [0.1, 0.15) is 0 Å². The second-order valence-corrected chi connectivity index (χ2v) is 0. The van der Waals surface area contributed by atoms with E-state index in [1.165, 1.54) is 0 Å². The minimum atomic E-state index is 0. The third kappa shape index (κ3) is 8.89. The smallest absolute Gasteiger partial charge is 0.0776 e. The molecule has 0 radical (unpaired) electrons. The van der Waals surface area contributed by atoms with E-state index in [2.05, 4.69) is 0 Å². The van der Waals surface area contributed by atoms with Gasteiger partial charge in [-0.15, -0.1) is 0 Å². The fraction of sp³-hybridized carbons (Fsp3) is 1.00. The molecule has 0 amide bonds. The molecule has 0 heterocycles. The van der Waals surface area contributed by atoms with Crippen LogP contribution in [0.3, 0.4) is 0 Å². The Balaban J connectivity index is 0. The molecule has 8 valence electrons. The second kappa shape index (κ2) is 16.7. The summed E-state index contributed by atoms with van der Waals surface area (Å²) in [6.07, 6.45) is 0. The van der Waals surface area contributed by atoms with Gasteiger partial charge in [-0.25, -0.2) is 0 Å². The maximum absolute atomic E-state index is 0. The molecule has 0 aliphatic rings. The molecule has 0 spiro atoms. The van der Waals surface area contributed by atoms with E-state index in [1.807, 2.05) is 0 Å². The quantitative estimate of drug-likeness (QED) is 0.256. The van der Waals surface area contributed by atoms with E-state index in [1.54, 1.807) is 0 Å². The second-order valence-electron chi connectivity index (χ2n) is 0. The summed E-state index contributed by atoms with van der Waals surface area (Å²) in [6.45, 7) is 0. The van der Waals surface area contributed by atoms with Gasteiger partial charge in [0.05, 0.1) is 0 Å². The summed E-state index contributed by atoms with van der Waals surface area (Å²) in [5.74, 6) is 0. The fourth-order valence-corrected chi connectivity index (χ4v) is 0. The molecule has 0 aromatic rings. The first-order valence-electron chi connectivity index (χ1n) is 0. The van der Waals surface area contributed by atoms with E-state index in [9.17, 15) is 0 Å². The Morgan fingerprint density at radius 2 is 0.500 bits per heavy atom. The first kappa shape index (κ1) is 28.0. The van der Waals surface area contributed by atoms with E-state index in [4.69, 9.17) is 0 Å². The molecule has 0 aliphatic heterocycles. The topological polar surface area (TPSA) is 0 Å². The van der Waals surface area contributed by atoms with Crippen LogP contribution in [0.4, 0.5) is 0 Å². The molecule has 0 atom stereocenters. The van der Waals surface area contributed by atoms with E-state index < -0.39 is 0 Å². The SMILES string of the molecule is C.[Na+].[Na+].[Na+]. The van der Waals surface area contributed by atoms with Crippen LogP contribution in [0.25, 0.3) is 0 Å². The minimum absolute atomic E-state index is 0. The molecule has 0 fully saturated rings. The van der Waals surface area contributed by atoms with Crippen LogP contribution in [-0.4, -0.2) is 0 Å². The average molecular weight is 85.0 g/mol. The first-order valence-corrected chi connectivity index (χ1v) is 0. The largest absolute Gasteiger partial charge is 1.00 e. The van der Waals surface area contributed by atoms with Crippen LogP contribution in [0, 0.1) is 0 Å². The molecule has 0 saturated heterocycles. The van der Waals surface area contributed by atoms with Gasteiger partial charge >= 0.3 is 88.7 Å². The Labute approximate surface area is 94.0 Å². The zero-order chi connectivity index (χ0) is 0. The molecule has 0 saturated carbocycles. The third-order valence-corrected chi connectivity index (χ3v) is 0. The zero-order valence-corrected chi connectivity index (χ0v) is 9.00. The van der Waals surface area contributed by atoms with Gasteiger partial charge in [0.2, 0.25) is 0 Å². The molecule has 0 aliphatic carbocycles. The van der Waals surface area contributed by atoms with E-state index in [0.29, 0.717) is 0 Å². The Morgan fingerprint density at radius 3 is 0.500 bits per heavy atom. The summed E-state index contributed by atoms with van der Waals surface area (Å²) in [6, 6.07) is 0. The van der Waals surface area contributed by atoms with Crippen LogP contribution < -0.4 is 88.7 Å². The Hall–Kier alpha value is 3.00. The summed E-state index contributed by atoms with van der Waals surface area (Å²) in [4.78, 5) is 0. The molecule has 0 rings (SSSR count). The van der Waals surface area contributed by atoms with E-state index in [0.717, 1.165) is 0 Å². The standard InChI is InChI=1S/CH4.3Na/h1H4;;;/q;3*+1. The van der Waals surface area contributed by atoms with Gasteiger partial charge < -0.3 is 0 Å². The predicted molar refractivity (Wildman–Crippen MR) is 6.73 cm³/mol. The van der Waals surface area contributed by atoms with Crippen LogP contribution >= 0.6 is 0 Å². The van der Waals surface area contributed by atoms with Crippen molar-refractivity contribution in [2.45, 2.75) is 7.43 Å². The van der Waals surface area contributed by atoms with Crippen LogP contribution in [0.15, 0.2) is 0 Å². The zero-order valence-electron chi connectivity index (χ0n) is 3.00. The van der Waals surface area contributed by atoms with Crippen molar-refractivity contribution in [2.75, 3.05) is 0 Å². The third-order valence-electron chi connectivity index (χ3n) is 0. The van der Waals surface area contributed by atoms with Crippen molar-refractivity contribution in [3.05, 3.63) is 0 Å². The van der Waals surface area contributed by atoms with Crippen molar-refractivity contribution < 1.29 is 88.7 Å². The van der Waals surface area contributed by atoms with Crippen LogP contribution in [0.1, 0.15) is 7.43 Å². The predicted octanol–water partition coefficient (Wildman–Crippen LogP) is -8.35. The first-order chi connectivity index (χ1) is 0. The molecular weight excluding hydrogens is 81.0 g/mol. The maximum Gasteiger partial charge on any atom is 1.00 e. The molecule has 3 heteroatoms. The van der Waals surface area contributed by atoms with Crippen LogP contribution in [-0.2, 0) is 0 Å². The van der Waals surface area contributed by atoms with Crippen molar-refractivity contribution in [3.8, 4) is 0 Å². The summed E-state index contributed by atoms with van der Waals surface area (Å²) in [7, 11) is 0. The van der Waals surface area contributed by atoms with Gasteiger partial charge in [-0.2, -0.15) is 0 Å². The van der Waals surface area contributed by atoms with Gasteiger partial charge in [0.15, 0.2) is 0 Å². The van der Waals surface area contributed by atoms with Gasteiger partial charge in [0, 0.05) is 0 Å². The van der Waals surface area contributed by atoms with Gasteiger partial charge in [-0.05, 0) is 0 Å². The molecule has 0 unspecified atom stereocenters. The Bertz CT molecular complexity index is 3.25. The molecule has 0 nitrogen and oxygen atoms in total. The summed E-state index contributed by atoms with van der Waals surface area (Å²) >= 11 is 0. The molecule has 4 heavy (non-hydrogen) atoms. The van der Waals surface area contributed by atoms with Gasteiger partial charge in [-0.3, -0.25) is 0 Å². The molecule has 0 aromatic carbocycles. The van der Waals surface area contributed by atoms with Crippen molar-refractivity contribution in [1.29, 1.82) is 0 Å². The van der Waals surface area contributed by atoms with Crippen molar-refractivity contribution >= 4 is 0 Å². The normalized spacial score (nSPS) is 0. The molecular formula is CH4Na3+3. The van der Waals surface area contributed by atoms with Gasteiger partial charge in [-0.1, -0.05) is 7.43 Å². The van der Waals surface area contributed by atoms with Crippen molar-refractivity contribution in [1.82, 2.24) is 0 Å². The molecule has 0 N–H and O–H groups in total. The maximum atomic E-state index is 0. The Morgan fingerprint density at radius 1 is 0.500 bits per heavy atom. The fourth-order valence-electron chi connectivity index (χ4n) is 0. The summed E-state index contributed by atoms with van der Waals surface area (Å²) < 4.78 is 0. The van der Waals surface area contributed by atoms with Crippen LogP contribution in [0.2, 0.25) is 0 Å². The van der Waals surface area contributed by atoms with E-state index in [-0.39, 0.29) is 96.1 Å². The van der Waals surface area contributed by atoms with Gasteiger partial charge in [0.25, 0.3) is 0 Å². The summed E-state index contributed by atoms with van der Waals surface area (Å²) in [5.41, 5.74) is 0. The number of hydrogen-bond acceptors (Lipinski definition) is 0. The van der Waals surface area contributed by atoms with Crippen LogP contribution in [0.5, 0.6) is 0 Å². The van der Waals surface area contributed by atoms with E-state index >= 15 is 0 Å². The monoisotopic (exact) mass is 85.0 g/mol.